The number of hydrogen-bond acceptors (Lipinski definition) is 3. The maximum Gasteiger partial charge on any atom is 0.200 e. The molecule has 0 spiro atoms. The van der Waals surface area contributed by atoms with Crippen molar-refractivity contribution in [2.75, 3.05) is 0 Å². The number of halogens is 2. The van der Waals surface area contributed by atoms with Crippen molar-refractivity contribution in [1.82, 2.24) is 4.98 Å². The molecule has 0 saturated carbocycles. The molecule has 0 aliphatic rings. The highest BCUT2D eigenvalue weighted by atomic mass is 35.5. The van der Waals surface area contributed by atoms with Gasteiger partial charge in [-0.15, -0.1) is 0 Å². The van der Waals surface area contributed by atoms with Crippen molar-refractivity contribution in [3.05, 3.63) is 52.5 Å². The number of fused-ring (bicyclic) bond motifs is 1. The van der Waals surface area contributed by atoms with Gasteiger partial charge in [-0.2, -0.15) is 0 Å². The van der Waals surface area contributed by atoms with E-state index in [1.54, 1.807) is 12.1 Å². The van der Waals surface area contributed by atoms with E-state index >= 15 is 0 Å². The van der Waals surface area contributed by atoms with Gasteiger partial charge in [0.2, 0.25) is 5.78 Å². The number of carbonyl (C=O) groups is 1. The average molecular weight is 588 g/mol. The molecule has 2 atom stereocenters. The van der Waals surface area contributed by atoms with Crippen molar-refractivity contribution >= 4 is 28.5 Å². The lowest BCUT2D eigenvalue weighted by Crippen LogP contribution is -2.19. The fourth-order valence-corrected chi connectivity index (χ4v) is 4.98. The molecule has 0 aliphatic carbocycles. The third kappa shape index (κ3) is 10.9. The number of pyridine rings is 1. The molecule has 0 amide bonds. The highest BCUT2D eigenvalue weighted by Gasteiger charge is 2.25. The van der Waals surface area contributed by atoms with E-state index < -0.39 is 5.82 Å². The van der Waals surface area contributed by atoms with Gasteiger partial charge in [0.1, 0.15) is 11.3 Å². The van der Waals surface area contributed by atoms with Gasteiger partial charge in [0.15, 0.2) is 11.3 Å². The Morgan fingerprint density at radius 2 is 1.61 bits per heavy atom. The van der Waals surface area contributed by atoms with E-state index in [1.807, 2.05) is 33.8 Å². The minimum Gasteiger partial charge on any atom is -0.451 e. The first-order valence-corrected chi connectivity index (χ1v) is 15.8. The van der Waals surface area contributed by atoms with Crippen LogP contribution in [0.3, 0.4) is 0 Å². The Bertz CT molecular complexity index is 1250. The zero-order valence-corrected chi connectivity index (χ0v) is 28.7. The zero-order valence-electron chi connectivity index (χ0n) is 28.0. The summed E-state index contributed by atoms with van der Waals surface area (Å²) in [6.45, 7) is 27.9. The van der Waals surface area contributed by atoms with Gasteiger partial charge >= 0.3 is 0 Å². The van der Waals surface area contributed by atoms with E-state index in [1.165, 1.54) is 37.8 Å². The number of benzene rings is 1. The zero-order chi connectivity index (χ0) is 31.7. The third-order valence-electron chi connectivity index (χ3n) is 7.25. The van der Waals surface area contributed by atoms with E-state index in [9.17, 15) is 9.18 Å². The second kappa shape index (κ2) is 15.9. The molecule has 3 rings (SSSR count). The molecular formula is C36H55ClFNO2. The van der Waals surface area contributed by atoms with Crippen LogP contribution in [0, 0.1) is 29.0 Å². The lowest BCUT2D eigenvalue weighted by Gasteiger charge is -2.29. The van der Waals surface area contributed by atoms with Crippen LogP contribution in [0.1, 0.15) is 132 Å². The molecule has 230 valence electrons. The van der Waals surface area contributed by atoms with Crippen LogP contribution in [0.15, 0.2) is 34.7 Å². The minimum absolute atomic E-state index is 0.0676. The lowest BCUT2D eigenvalue weighted by atomic mass is 9.76. The van der Waals surface area contributed by atoms with Gasteiger partial charge in [-0.1, -0.05) is 127 Å². The first kappa shape index (κ1) is 36.8. The molecule has 0 bridgehead atoms. The third-order valence-corrected chi connectivity index (χ3v) is 7.56. The molecule has 1 aromatic carbocycles. The first-order chi connectivity index (χ1) is 19.0. The number of furan rings is 1. The van der Waals surface area contributed by atoms with Crippen molar-refractivity contribution in [3.8, 4) is 11.3 Å². The summed E-state index contributed by atoms with van der Waals surface area (Å²) in [5.74, 6) is 1.41. The number of hydrogen-bond donors (Lipinski definition) is 0. The fourth-order valence-electron chi connectivity index (χ4n) is 4.87. The second-order valence-corrected chi connectivity index (χ2v) is 13.9. The van der Waals surface area contributed by atoms with Gasteiger partial charge in [0.05, 0.1) is 10.7 Å². The molecule has 41 heavy (non-hydrogen) atoms. The summed E-state index contributed by atoms with van der Waals surface area (Å²) in [4.78, 5) is 16.9. The van der Waals surface area contributed by atoms with Crippen molar-refractivity contribution in [1.29, 1.82) is 0 Å². The standard InChI is InChI=1S/C21H21ClFNO2.C13H28.C2H6/c1-11(2)19(25)18-10-17-20(26-18)13(21(3,4)5)9-16(24-17)12-6-7-14(22)15(23)8-12;1-7-9-12(11(3)8-2)10-13(4,5)6;1-2/h6-11H,1-5H3;11-12H,7-10H2,1-6H3;1-2H3. The summed E-state index contributed by atoms with van der Waals surface area (Å²) >= 11 is 5.79. The van der Waals surface area contributed by atoms with Crippen molar-refractivity contribution in [2.24, 2.45) is 23.2 Å². The van der Waals surface area contributed by atoms with Gasteiger partial charge in [-0.25, -0.2) is 9.37 Å². The number of ketones is 1. The molecule has 3 nitrogen and oxygen atoms in total. The Labute approximate surface area is 254 Å². The number of aromatic nitrogens is 1. The van der Waals surface area contributed by atoms with E-state index in [4.69, 9.17) is 16.0 Å². The maximum atomic E-state index is 13.9. The van der Waals surface area contributed by atoms with Crippen LogP contribution < -0.4 is 0 Å². The molecule has 2 aromatic heterocycles. The second-order valence-electron chi connectivity index (χ2n) is 13.5. The van der Waals surface area contributed by atoms with Crippen LogP contribution >= 0.6 is 11.6 Å². The normalized spacial score (nSPS) is 13.3. The Balaban J connectivity index is 0.000000476. The maximum absolute atomic E-state index is 13.9. The average Bonchev–Trinajstić information content (AvgIpc) is 3.32. The molecule has 2 unspecified atom stereocenters. The van der Waals surface area contributed by atoms with Crippen molar-refractivity contribution in [3.63, 3.8) is 0 Å². The van der Waals surface area contributed by atoms with Crippen molar-refractivity contribution < 1.29 is 13.6 Å². The van der Waals surface area contributed by atoms with Crippen LogP contribution in [-0.2, 0) is 5.41 Å². The molecule has 0 N–H and O–H groups in total. The van der Waals surface area contributed by atoms with E-state index in [0.717, 1.165) is 17.4 Å². The first-order valence-electron chi connectivity index (χ1n) is 15.4. The van der Waals surface area contributed by atoms with Crippen molar-refractivity contribution in [2.45, 2.75) is 121 Å². The smallest absolute Gasteiger partial charge is 0.200 e. The Morgan fingerprint density at radius 3 is 2.07 bits per heavy atom. The van der Waals surface area contributed by atoms with E-state index in [2.05, 4.69) is 67.3 Å². The summed E-state index contributed by atoms with van der Waals surface area (Å²) in [5.41, 5.74) is 3.60. The predicted octanol–water partition coefficient (Wildman–Crippen LogP) is 12.3. The molecule has 0 fully saturated rings. The fraction of sp³-hybridized carbons (Fsp3) is 0.611. The highest BCUT2D eigenvalue weighted by Crippen LogP contribution is 2.36. The highest BCUT2D eigenvalue weighted by molar-refractivity contribution is 6.30. The molecule has 0 saturated heterocycles. The van der Waals surface area contributed by atoms with Gasteiger partial charge < -0.3 is 4.42 Å². The topological polar surface area (TPSA) is 43.1 Å². The van der Waals surface area contributed by atoms with Gasteiger partial charge in [-0.3, -0.25) is 4.79 Å². The van der Waals surface area contributed by atoms with E-state index in [-0.39, 0.29) is 22.1 Å². The number of carbonyl (C=O) groups excluding carboxylic acids is 1. The van der Waals surface area contributed by atoms with Gasteiger partial charge in [-0.05, 0) is 47.3 Å². The Hall–Kier alpha value is -2.20. The SMILES string of the molecule is CC.CC(C)C(=O)c1cc2nc(-c3ccc(Cl)c(F)c3)cc(C(C)(C)C)c2o1.CCCC(CC(C)(C)C)C(C)CC. The quantitative estimate of drug-likeness (QED) is 0.246. The Kier molecular flexibility index (Phi) is 14.3. The molecule has 5 heteroatoms. The predicted molar refractivity (Wildman–Crippen MR) is 176 cm³/mol. The lowest BCUT2D eigenvalue weighted by molar-refractivity contribution is 0.0913. The summed E-state index contributed by atoms with van der Waals surface area (Å²) in [7, 11) is 0. The summed E-state index contributed by atoms with van der Waals surface area (Å²) in [6.07, 6.45) is 5.47. The molecule has 3 aromatic rings. The minimum atomic E-state index is -0.494. The van der Waals surface area contributed by atoms with Crippen LogP contribution in [-0.4, -0.2) is 10.8 Å². The van der Waals surface area contributed by atoms with Gasteiger partial charge in [0, 0.05) is 23.1 Å². The molecule has 0 aliphatic heterocycles. The number of nitrogens with zero attached hydrogens (tertiary/aromatic N) is 1. The summed E-state index contributed by atoms with van der Waals surface area (Å²) in [6, 6.07) is 8.16. The summed E-state index contributed by atoms with van der Waals surface area (Å²) in [5, 5.41) is 0.0685. The number of rotatable bonds is 8. The van der Waals surface area contributed by atoms with Crippen LogP contribution in [0.25, 0.3) is 22.4 Å². The van der Waals surface area contributed by atoms with Gasteiger partial charge in [0.25, 0.3) is 0 Å². The summed E-state index contributed by atoms with van der Waals surface area (Å²) < 4.78 is 19.8. The Morgan fingerprint density at radius 1 is 1.00 bits per heavy atom. The van der Waals surface area contributed by atoms with Crippen LogP contribution in [0.2, 0.25) is 5.02 Å². The number of Topliss-reactive ketones (excluding diaryl/α,β-unsaturated/α-hetero) is 1. The molecule has 0 radical (unpaired) electrons. The largest absolute Gasteiger partial charge is 0.451 e. The molecule has 2 heterocycles. The van der Waals surface area contributed by atoms with Crippen LogP contribution in [0.4, 0.5) is 4.39 Å². The van der Waals surface area contributed by atoms with Crippen LogP contribution in [0.5, 0.6) is 0 Å². The molecular weight excluding hydrogens is 533 g/mol. The van der Waals surface area contributed by atoms with E-state index in [0.29, 0.717) is 33.5 Å². The monoisotopic (exact) mass is 587 g/mol.